The van der Waals surface area contributed by atoms with Gasteiger partial charge in [0.05, 0.1) is 31.0 Å². The van der Waals surface area contributed by atoms with Crippen LogP contribution in [0.2, 0.25) is 0 Å². The highest BCUT2D eigenvalue weighted by molar-refractivity contribution is 5.90. The number of carbonyl (C=O) groups excluding carboxylic acids is 3. The fourth-order valence-corrected chi connectivity index (χ4v) is 5.00. The number of hydrogen-bond donors (Lipinski definition) is 2. The molecule has 2 aliphatic heterocycles. The molecule has 1 aliphatic carbocycles. The summed E-state index contributed by atoms with van der Waals surface area (Å²) in [6, 6.07) is 7.71. The third-order valence-corrected chi connectivity index (χ3v) is 6.75. The van der Waals surface area contributed by atoms with Crippen LogP contribution in [0.1, 0.15) is 12.6 Å². The van der Waals surface area contributed by atoms with E-state index in [0.29, 0.717) is 19.6 Å². The van der Waals surface area contributed by atoms with Gasteiger partial charge in [0.15, 0.2) is 11.6 Å². The number of nitrogens with one attached hydrogen (secondary N) is 2. The Morgan fingerprint density at radius 1 is 1.11 bits per heavy atom. The van der Waals surface area contributed by atoms with Crippen molar-refractivity contribution in [2.75, 3.05) is 36.0 Å². The summed E-state index contributed by atoms with van der Waals surface area (Å²) >= 11 is 0. The maximum Gasteiger partial charge on any atom is 0.414 e. The highest BCUT2D eigenvalue weighted by Crippen LogP contribution is 2.53. The van der Waals surface area contributed by atoms with Crippen LogP contribution in [0.5, 0.6) is 0 Å². The number of hydrogen-bond acceptors (Lipinski definition) is 6. The Labute approximate surface area is 200 Å². The molecule has 1 saturated carbocycles. The van der Waals surface area contributed by atoms with E-state index < -0.39 is 23.8 Å². The lowest BCUT2D eigenvalue weighted by Crippen LogP contribution is -2.33. The first-order valence-corrected chi connectivity index (χ1v) is 11.5. The van der Waals surface area contributed by atoms with E-state index >= 15 is 0 Å². The van der Waals surface area contributed by atoms with E-state index in [9.17, 15) is 23.2 Å². The van der Waals surface area contributed by atoms with Gasteiger partial charge in [0.1, 0.15) is 11.8 Å². The zero-order valence-corrected chi connectivity index (χ0v) is 19.0. The molecule has 11 heteroatoms. The average Bonchev–Trinajstić information content (AvgIpc) is 3.13. The van der Waals surface area contributed by atoms with Gasteiger partial charge in [-0.15, -0.1) is 0 Å². The molecule has 4 atom stereocenters. The minimum absolute atomic E-state index is 0.0419. The van der Waals surface area contributed by atoms with Gasteiger partial charge in [-0.2, -0.15) is 0 Å². The number of halogens is 2. The quantitative estimate of drug-likeness (QED) is 0.620. The molecule has 9 nitrogen and oxygen atoms in total. The zero-order valence-electron chi connectivity index (χ0n) is 19.0. The molecule has 5 rings (SSSR count). The standard InChI is InChI=1S/C24H25F2N5O4/c1-13(32)28-9-16-10-31(24(34)35-16)15-6-19(25)22(20(26)7-15)30-11-17-18(12-30)21(17)23(33)29-8-14-4-2-3-5-27-14/h2-7,16-18,21H,8-12H2,1H3,(H,28,32)(H,29,33)/t16-,17-,18+,21?/m0/s1. The number of amides is 3. The smallest absolute Gasteiger partial charge is 0.414 e. The predicted octanol–water partition coefficient (Wildman–Crippen LogP) is 1.82. The van der Waals surface area contributed by atoms with Gasteiger partial charge in [-0.1, -0.05) is 6.07 Å². The fraction of sp³-hybridized carbons (Fsp3) is 0.417. The van der Waals surface area contributed by atoms with Crippen LogP contribution < -0.4 is 20.4 Å². The van der Waals surface area contributed by atoms with Crippen LogP contribution in [0.25, 0.3) is 0 Å². The molecule has 35 heavy (non-hydrogen) atoms. The lowest BCUT2D eigenvalue weighted by atomic mass is 10.2. The second kappa shape index (κ2) is 9.12. The summed E-state index contributed by atoms with van der Waals surface area (Å²) < 4.78 is 35.2. The largest absolute Gasteiger partial charge is 0.442 e. The molecule has 2 N–H and O–H groups in total. The molecule has 2 aromatic rings. The maximum absolute atomic E-state index is 15.0. The Bertz CT molecular complexity index is 1130. The number of piperidine rings is 1. The molecule has 1 aromatic heterocycles. The molecule has 0 bridgehead atoms. The number of pyridine rings is 1. The van der Waals surface area contributed by atoms with Crippen molar-refractivity contribution in [3.63, 3.8) is 0 Å². The van der Waals surface area contributed by atoms with Crippen molar-refractivity contribution >= 4 is 29.3 Å². The molecule has 1 unspecified atom stereocenters. The summed E-state index contributed by atoms with van der Waals surface area (Å²) in [7, 11) is 0. The van der Waals surface area contributed by atoms with E-state index in [1.165, 1.54) is 6.92 Å². The number of anilines is 2. The fourth-order valence-electron chi connectivity index (χ4n) is 5.00. The van der Waals surface area contributed by atoms with Gasteiger partial charge >= 0.3 is 6.09 Å². The van der Waals surface area contributed by atoms with Crippen LogP contribution in [-0.2, 0) is 20.9 Å². The summed E-state index contributed by atoms with van der Waals surface area (Å²) in [5, 5.41) is 5.44. The van der Waals surface area contributed by atoms with Crippen LogP contribution in [0, 0.1) is 29.4 Å². The van der Waals surface area contributed by atoms with Crippen molar-refractivity contribution < 1.29 is 27.9 Å². The average molecular weight is 485 g/mol. The van der Waals surface area contributed by atoms with E-state index in [4.69, 9.17) is 4.74 Å². The second-order valence-electron chi connectivity index (χ2n) is 9.11. The molecule has 3 heterocycles. The van der Waals surface area contributed by atoms with Gasteiger partial charge in [-0.3, -0.25) is 19.5 Å². The number of ether oxygens (including phenoxy) is 1. The summed E-state index contributed by atoms with van der Waals surface area (Å²) in [6.45, 7) is 2.63. The third-order valence-electron chi connectivity index (χ3n) is 6.75. The second-order valence-corrected chi connectivity index (χ2v) is 9.11. The first-order valence-electron chi connectivity index (χ1n) is 11.5. The number of rotatable bonds is 7. The Hall–Kier alpha value is -3.76. The molecule has 0 spiro atoms. The summed E-state index contributed by atoms with van der Waals surface area (Å²) in [4.78, 5) is 42.7. The minimum atomic E-state index is -0.782. The van der Waals surface area contributed by atoms with Gasteiger partial charge < -0.3 is 20.3 Å². The van der Waals surface area contributed by atoms with Gasteiger partial charge in [-0.05, 0) is 24.0 Å². The van der Waals surface area contributed by atoms with Crippen LogP contribution in [-0.4, -0.2) is 55.2 Å². The molecule has 1 aromatic carbocycles. The topological polar surface area (TPSA) is 104 Å². The van der Waals surface area contributed by atoms with Gasteiger partial charge in [-0.25, -0.2) is 13.6 Å². The van der Waals surface area contributed by atoms with Gasteiger partial charge in [0, 0.05) is 44.3 Å². The van der Waals surface area contributed by atoms with Crippen LogP contribution in [0.4, 0.5) is 25.0 Å². The highest BCUT2D eigenvalue weighted by atomic mass is 19.1. The highest BCUT2D eigenvalue weighted by Gasteiger charge is 2.59. The number of cyclic esters (lactones) is 1. The van der Waals surface area contributed by atoms with E-state index in [-0.39, 0.29) is 54.0 Å². The van der Waals surface area contributed by atoms with Crippen LogP contribution >= 0.6 is 0 Å². The van der Waals surface area contributed by atoms with E-state index in [2.05, 4.69) is 15.6 Å². The van der Waals surface area contributed by atoms with Crippen molar-refractivity contribution in [1.29, 1.82) is 0 Å². The molecular weight excluding hydrogens is 460 g/mol. The van der Waals surface area contributed by atoms with Crippen LogP contribution in [0.3, 0.4) is 0 Å². The summed E-state index contributed by atoms with van der Waals surface area (Å²) in [5.74, 6) is -1.98. The molecule has 184 valence electrons. The molecule has 3 aliphatic rings. The lowest BCUT2D eigenvalue weighted by molar-refractivity contribution is -0.123. The van der Waals surface area contributed by atoms with Gasteiger partial charge in [0.2, 0.25) is 11.8 Å². The molecule has 0 radical (unpaired) electrons. The molecule has 3 amide bonds. The van der Waals surface area contributed by atoms with E-state index in [1.807, 2.05) is 12.1 Å². The van der Waals surface area contributed by atoms with Crippen molar-refractivity contribution in [2.45, 2.75) is 19.6 Å². The third kappa shape index (κ3) is 4.62. The van der Waals surface area contributed by atoms with E-state index in [0.717, 1.165) is 22.7 Å². The van der Waals surface area contributed by atoms with Crippen molar-refractivity contribution in [2.24, 2.45) is 17.8 Å². The van der Waals surface area contributed by atoms with Gasteiger partial charge in [0.25, 0.3) is 0 Å². The Morgan fingerprint density at radius 3 is 2.46 bits per heavy atom. The van der Waals surface area contributed by atoms with E-state index in [1.54, 1.807) is 17.2 Å². The Kier molecular flexibility index (Phi) is 6.00. The predicted molar refractivity (Wildman–Crippen MR) is 121 cm³/mol. The maximum atomic E-state index is 15.0. The van der Waals surface area contributed by atoms with Crippen molar-refractivity contribution in [1.82, 2.24) is 15.6 Å². The Morgan fingerprint density at radius 2 is 1.83 bits per heavy atom. The number of aromatic nitrogens is 1. The van der Waals surface area contributed by atoms with Crippen LogP contribution in [0.15, 0.2) is 36.5 Å². The molecular formula is C24H25F2N5O4. The number of fused-ring (bicyclic) bond motifs is 1. The normalized spacial score (nSPS) is 24.7. The first-order chi connectivity index (χ1) is 16.8. The number of carbonyl (C=O) groups is 3. The van der Waals surface area contributed by atoms with Crippen molar-refractivity contribution in [3.8, 4) is 0 Å². The Balaban J connectivity index is 1.19. The number of nitrogens with zero attached hydrogens (tertiary/aromatic N) is 3. The minimum Gasteiger partial charge on any atom is -0.442 e. The van der Waals surface area contributed by atoms with Crippen molar-refractivity contribution in [3.05, 3.63) is 53.9 Å². The zero-order chi connectivity index (χ0) is 24.7. The molecule has 2 saturated heterocycles. The first kappa shape index (κ1) is 23.0. The summed E-state index contributed by atoms with van der Waals surface area (Å²) in [6.07, 6.45) is 0.327. The summed E-state index contributed by atoms with van der Waals surface area (Å²) in [5.41, 5.74) is 0.659. The number of benzene rings is 1. The lowest BCUT2D eigenvalue weighted by Gasteiger charge is -2.24. The molecule has 3 fully saturated rings. The SMILES string of the molecule is CC(=O)NC[C@H]1CN(c2cc(F)c(N3C[C@@H]4C(C(=O)NCc5ccccn5)[C@@H]4C3)c(F)c2)C(=O)O1. The monoisotopic (exact) mass is 485 g/mol.